The van der Waals surface area contributed by atoms with Crippen LogP contribution < -0.4 is 4.90 Å². The molecule has 1 aliphatic carbocycles. The first-order valence-corrected chi connectivity index (χ1v) is 12.7. The molecule has 1 aliphatic heterocycles. The zero-order valence-corrected chi connectivity index (χ0v) is 23.5. The van der Waals surface area contributed by atoms with E-state index in [-0.39, 0.29) is 29.5 Å². The van der Waals surface area contributed by atoms with Crippen molar-refractivity contribution < 1.29 is 0 Å². The van der Waals surface area contributed by atoms with Crippen molar-refractivity contribution in [3.05, 3.63) is 59.1 Å². The summed E-state index contributed by atoms with van der Waals surface area (Å²) in [6.45, 7) is 9.20. The topological polar surface area (TPSA) is 28.0 Å². The number of aryl methyl sites for hydroxylation is 1. The Labute approximate surface area is 219 Å². The first kappa shape index (κ1) is 25.6. The van der Waals surface area contributed by atoms with Gasteiger partial charge in [-0.3, -0.25) is 0 Å². The Morgan fingerprint density at radius 3 is 2.28 bits per heavy atom. The summed E-state index contributed by atoms with van der Waals surface area (Å²) in [6.07, 6.45) is 6.47. The Morgan fingerprint density at radius 1 is 1.06 bits per heavy atom. The van der Waals surface area contributed by atoms with Crippen LogP contribution in [0.15, 0.2) is 58.5 Å². The van der Waals surface area contributed by atoms with Gasteiger partial charge in [-0.15, -0.1) is 24.0 Å². The summed E-state index contributed by atoms with van der Waals surface area (Å²) >= 11 is 8.39. The number of aliphatic imine (C=N–C) groups is 2. The summed E-state index contributed by atoms with van der Waals surface area (Å²) in [5, 5.41) is 1.74. The lowest BCUT2D eigenvalue weighted by Crippen LogP contribution is -2.54. The lowest BCUT2D eigenvalue weighted by molar-refractivity contribution is 0.158. The maximum absolute atomic E-state index is 6.72. The third-order valence-corrected chi connectivity index (χ3v) is 7.85. The molecule has 1 saturated carbocycles. The minimum absolute atomic E-state index is 0. The van der Waals surface area contributed by atoms with Crippen LogP contribution in [-0.4, -0.2) is 22.8 Å². The Hall–Kier alpha value is -1.05. The van der Waals surface area contributed by atoms with Gasteiger partial charge in [0, 0.05) is 0 Å². The molecule has 1 heterocycles. The largest absolute Gasteiger partial charge is 0.306 e. The molecule has 0 bridgehead atoms. The molecule has 172 valence electrons. The zero-order valence-electron chi connectivity index (χ0n) is 19.6. The normalized spacial score (nSPS) is 24.6. The molecule has 3 nitrogen and oxygen atoms in total. The third kappa shape index (κ3) is 4.76. The molecular weight excluding hydrogens is 549 g/mol. The van der Waals surface area contributed by atoms with Crippen molar-refractivity contribution in [3.8, 4) is 0 Å². The van der Waals surface area contributed by atoms with E-state index in [4.69, 9.17) is 21.6 Å². The first-order chi connectivity index (χ1) is 14.8. The van der Waals surface area contributed by atoms with Crippen molar-refractivity contribution in [2.75, 3.05) is 11.2 Å². The maximum Gasteiger partial charge on any atom is 0.171 e. The monoisotopic (exact) mass is 581 g/mol. The SMILES string of the molecule is CSC1=NC(=Nc2ccccc2C)C2(CCC(C(C)(C)C)CC2)N1c1ccccc1Cl.I. The molecule has 0 N–H and O–H groups in total. The van der Waals surface area contributed by atoms with E-state index in [9.17, 15) is 0 Å². The van der Waals surface area contributed by atoms with Crippen molar-refractivity contribution in [3.63, 3.8) is 0 Å². The molecular formula is C26H33ClIN3S. The first-order valence-electron chi connectivity index (χ1n) is 11.1. The number of halogens is 2. The summed E-state index contributed by atoms with van der Waals surface area (Å²) < 4.78 is 0. The van der Waals surface area contributed by atoms with Crippen LogP contribution in [0.3, 0.4) is 0 Å². The Morgan fingerprint density at radius 2 is 1.69 bits per heavy atom. The molecule has 0 atom stereocenters. The predicted octanol–water partition coefficient (Wildman–Crippen LogP) is 8.51. The molecule has 0 radical (unpaired) electrons. The summed E-state index contributed by atoms with van der Waals surface area (Å²) in [6, 6.07) is 16.4. The van der Waals surface area contributed by atoms with Crippen LogP contribution in [0.5, 0.6) is 0 Å². The van der Waals surface area contributed by atoms with Gasteiger partial charge in [-0.05, 0) is 74.0 Å². The Kier molecular flexibility index (Phi) is 8.04. The molecule has 2 aromatic carbocycles. The quantitative estimate of drug-likeness (QED) is 0.333. The van der Waals surface area contributed by atoms with Crippen LogP contribution in [0.2, 0.25) is 5.02 Å². The van der Waals surface area contributed by atoms with Gasteiger partial charge >= 0.3 is 0 Å². The molecule has 4 rings (SSSR count). The van der Waals surface area contributed by atoms with E-state index in [1.807, 2.05) is 12.1 Å². The van der Waals surface area contributed by atoms with E-state index in [1.165, 1.54) is 5.56 Å². The number of thioether (sulfide) groups is 1. The van der Waals surface area contributed by atoms with Crippen molar-refractivity contribution in [1.82, 2.24) is 0 Å². The molecule has 0 saturated heterocycles. The minimum atomic E-state index is -0.257. The van der Waals surface area contributed by atoms with Gasteiger partial charge in [0.1, 0.15) is 5.54 Å². The van der Waals surface area contributed by atoms with Gasteiger partial charge in [-0.25, -0.2) is 9.98 Å². The maximum atomic E-state index is 6.72. The molecule has 2 aromatic rings. The minimum Gasteiger partial charge on any atom is -0.306 e. The molecule has 1 fully saturated rings. The van der Waals surface area contributed by atoms with Crippen LogP contribution >= 0.6 is 47.3 Å². The second-order valence-corrected chi connectivity index (χ2v) is 11.0. The number of para-hydroxylation sites is 2. The average molecular weight is 582 g/mol. The van der Waals surface area contributed by atoms with E-state index < -0.39 is 0 Å². The van der Waals surface area contributed by atoms with Gasteiger partial charge in [-0.2, -0.15) is 0 Å². The van der Waals surface area contributed by atoms with Gasteiger partial charge in [0.15, 0.2) is 11.0 Å². The zero-order chi connectivity index (χ0) is 22.2. The van der Waals surface area contributed by atoms with Crippen LogP contribution in [0.1, 0.15) is 52.0 Å². The molecule has 6 heteroatoms. The number of nitrogens with zero attached hydrogens (tertiary/aromatic N) is 3. The van der Waals surface area contributed by atoms with Crippen molar-refractivity contribution >= 4 is 69.7 Å². The fourth-order valence-corrected chi connectivity index (χ4v) is 5.83. The van der Waals surface area contributed by atoms with Crippen molar-refractivity contribution in [1.29, 1.82) is 0 Å². The van der Waals surface area contributed by atoms with Gasteiger partial charge in [0.2, 0.25) is 0 Å². The highest BCUT2D eigenvalue weighted by Gasteiger charge is 2.52. The van der Waals surface area contributed by atoms with Gasteiger partial charge in [-0.1, -0.05) is 74.5 Å². The lowest BCUT2D eigenvalue weighted by atomic mass is 9.66. The van der Waals surface area contributed by atoms with E-state index in [1.54, 1.807) is 11.8 Å². The van der Waals surface area contributed by atoms with E-state index in [0.717, 1.165) is 53.1 Å². The van der Waals surface area contributed by atoms with Crippen LogP contribution in [0.4, 0.5) is 11.4 Å². The fourth-order valence-electron chi connectivity index (χ4n) is 4.97. The van der Waals surface area contributed by atoms with E-state index >= 15 is 0 Å². The number of benzene rings is 2. The number of hydrogen-bond donors (Lipinski definition) is 0. The highest BCUT2D eigenvalue weighted by molar-refractivity contribution is 14.0. The number of amidine groups is 2. The third-order valence-electron chi connectivity index (χ3n) is 6.89. The summed E-state index contributed by atoms with van der Waals surface area (Å²) in [5.74, 6) is 1.63. The standard InChI is InChI=1S/C26H32ClN3S.HI/c1-18-10-6-8-12-21(18)28-23-26(16-14-19(15-17-26)25(2,3)4)30(24(29-23)31-5)22-13-9-7-11-20(22)27;/h6-13,19H,14-17H2,1-5H3;1H. The fraction of sp³-hybridized carbons (Fsp3) is 0.462. The predicted molar refractivity (Wildman–Crippen MR) is 153 cm³/mol. The molecule has 2 aliphatic rings. The van der Waals surface area contributed by atoms with E-state index in [2.05, 4.69) is 75.2 Å². The van der Waals surface area contributed by atoms with Gasteiger partial charge < -0.3 is 4.90 Å². The summed E-state index contributed by atoms with van der Waals surface area (Å²) in [4.78, 5) is 12.6. The molecule has 0 amide bonds. The van der Waals surface area contributed by atoms with E-state index in [0.29, 0.717) is 11.3 Å². The molecule has 32 heavy (non-hydrogen) atoms. The second-order valence-electron chi connectivity index (χ2n) is 9.78. The van der Waals surface area contributed by atoms with Gasteiger partial charge in [0.05, 0.1) is 16.4 Å². The Balaban J connectivity index is 0.00000289. The number of hydrogen-bond acceptors (Lipinski definition) is 3. The molecule has 0 unspecified atom stereocenters. The second kappa shape index (κ2) is 10.1. The van der Waals surface area contributed by atoms with Crippen LogP contribution in [-0.2, 0) is 0 Å². The highest BCUT2D eigenvalue weighted by atomic mass is 127. The average Bonchev–Trinajstić information content (AvgIpc) is 3.02. The summed E-state index contributed by atoms with van der Waals surface area (Å²) in [5.41, 5.74) is 3.26. The van der Waals surface area contributed by atoms with Gasteiger partial charge in [0.25, 0.3) is 0 Å². The van der Waals surface area contributed by atoms with Crippen molar-refractivity contribution in [2.24, 2.45) is 21.3 Å². The molecule has 0 aromatic heterocycles. The Bertz CT molecular complexity index is 1020. The smallest absolute Gasteiger partial charge is 0.171 e. The van der Waals surface area contributed by atoms with Crippen LogP contribution in [0.25, 0.3) is 0 Å². The highest BCUT2D eigenvalue weighted by Crippen LogP contribution is 2.50. The molecule has 1 spiro atoms. The summed E-state index contributed by atoms with van der Waals surface area (Å²) in [7, 11) is 0. The van der Waals surface area contributed by atoms with Crippen LogP contribution in [0, 0.1) is 18.3 Å². The van der Waals surface area contributed by atoms with Crippen molar-refractivity contribution in [2.45, 2.75) is 58.9 Å². The number of anilines is 1. The number of rotatable bonds is 2. The lowest BCUT2D eigenvalue weighted by Gasteiger charge is -2.47.